The van der Waals surface area contributed by atoms with Gasteiger partial charge in [-0.15, -0.1) is 0 Å². The van der Waals surface area contributed by atoms with E-state index in [0.29, 0.717) is 28.4 Å². The second kappa shape index (κ2) is 5.49. The summed E-state index contributed by atoms with van der Waals surface area (Å²) < 4.78 is 0. The van der Waals surface area contributed by atoms with Crippen LogP contribution in [0.3, 0.4) is 0 Å². The van der Waals surface area contributed by atoms with Crippen LogP contribution >= 0.6 is 11.6 Å². The number of rotatable bonds is 2. The lowest BCUT2D eigenvalue weighted by atomic mass is 10.1. The molecule has 1 aliphatic rings. The Kier molecular flexibility index (Phi) is 3.53. The van der Waals surface area contributed by atoms with E-state index < -0.39 is 0 Å². The lowest BCUT2D eigenvalue weighted by molar-refractivity contribution is -0.121. The van der Waals surface area contributed by atoms with Gasteiger partial charge in [0, 0.05) is 24.4 Å². The van der Waals surface area contributed by atoms with E-state index in [1.165, 1.54) is 0 Å². The molecule has 0 saturated carbocycles. The molecule has 6 nitrogen and oxygen atoms in total. The van der Waals surface area contributed by atoms with Crippen LogP contribution in [0.4, 0.5) is 5.69 Å². The Morgan fingerprint density at radius 2 is 2.14 bits per heavy atom. The largest absolute Gasteiger partial charge is 0.320 e. The number of carbonyl (C=O) groups excluding carboxylic acids is 2. The van der Waals surface area contributed by atoms with Crippen LogP contribution in [0.25, 0.3) is 10.9 Å². The molecule has 7 heteroatoms. The van der Waals surface area contributed by atoms with Crippen LogP contribution in [0.1, 0.15) is 12.8 Å². The highest BCUT2D eigenvalue weighted by Crippen LogP contribution is 2.28. The number of hydrogen-bond donors (Lipinski definition) is 2. The third-order valence-corrected chi connectivity index (χ3v) is 3.44. The normalized spacial score (nSPS) is 14.5. The third-order valence-electron chi connectivity index (χ3n) is 3.14. The van der Waals surface area contributed by atoms with Crippen LogP contribution in [0.5, 0.6) is 0 Å². The standard InChI is InChI=1S/C14H11ClN4O2/c15-9-3-4-10(8-2-1-7-16-13(8)9)17-14(21)11-5-6-12(20)19-18-11/h1-4,7H,5-6H2,(H,17,21)(H,19,20). The van der Waals surface area contributed by atoms with Gasteiger partial charge < -0.3 is 5.32 Å². The van der Waals surface area contributed by atoms with Crippen LogP contribution in [0.15, 0.2) is 35.6 Å². The predicted octanol–water partition coefficient (Wildman–Crippen LogP) is 2.09. The summed E-state index contributed by atoms with van der Waals surface area (Å²) in [5.74, 6) is -0.532. The molecule has 2 N–H and O–H groups in total. The van der Waals surface area contributed by atoms with Crippen molar-refractivity contribution in [3.63, 3.8) is 0 Å². The maximum Gasteiger partial charge on any atom is 0.271 e. The van der Waals surface area contributed by atoms with Gasteiger partial charge in [-0.1, -0.05) is 11.6 Å². The Morgan fingerprint density at radius 1 is 1.29 bits per heavy atom. The minimum Gasteiger partial charge on any atom is -0.320 e. The number of nitrogens with zero attached hydrogens (tertiary/aromatic N) is 2. The summed E-state index contributed by atoms with van der Waals surface area (Å²) >= 11 is 6.08. The number of hydrazone groups is 1. The molecule has 1 aliphatic heterocycles. The molecule has 3 rings (SSSR count). The Morgan fingerprint density at radius 3 is 2.90 bits per heavy atom. The maximum absolute atomic E-state index is 12.2. The van der Waals surface area contributed by atoms with Crippen molar-refractivity contribution in [2.75, 3.05) is 5.32 Å². The number of nitrogens with one attached hydrogen (secondary N) is 2. The van der Waals surface area contributed by atoms with Crippen molar-refractivity contribution in [1.29, 1.82) is 0 Å². The second-order valence-electron chi connectivity index (χ2n) is 4.54. The minimum atomic E-state index is -0.345. The molecule has 0 aliphatic carbocycles. The highest BCUT2D eigenvalue weighted by Gasteiger charge is 2.19. The van der Waals surface area contributed by atoms with E-state index >= 15 is 0 Å². The fraction of sp³-hybridized carbons (Fsp3) is 0.143. The van der Waals surface area contributed by atoms with Crippen molar-refractivity contribution in [2.24, 2.45) is 5.10 Å². The average Bonchev–Trinajstić information content (AvgIpc) is 2.51. The average molecular weight is 303 g/mol. The number of halogens is 1. The molecule has 2 heterocycles. The van der Waals surface area contributed by atoms with E-state index in [9.17, 15) is 9.59 Å². The molecule has 0 radical (unpaired) electrons. The van der Waals surface area contributed by atoms with E-state index in [-0.39, 0.29) is 18.2 Å². The highest BCUT2D eigenvalue weighted by molar-refractivity contribution is 6.44. The van der Waals surface area contributed by atoms with Crippen molar-refractivity contribution in [3.05, 3.63) is 35.5 Å². The van der Waals surface area contributed by atoms with Crippen molar-refractivity contribution in [2.45, 2.75) is 12.8 Å². The lowest BCUT2D eigenvalue weighted by Crippen LogP contribution is -2.32. The van der Waals surface area contributed by atoms with Gasteiger partial charge in [-0.25, -0.2) is 5.43 Å². The molecule has 21 heavy (non-hydrogen) atoms. The van der Waals surface area contributed by atoms with E-state index in [1.807, 2.05) is 6.07 Å². The van der Waals surface area contributed by atoms with Gasteiger partial charge in [0.15, 0.2) is 0 Å². The Balaban J connectivity index is 1.90. The van der Waals surface area contributed by atoms with Gasteiger partial charge in [-0.2, -0.15) is 5.10 Å². The Labute approximate surface area is 125 Å². The molecular formula is C14H11ClN4O2. The number of benzene rings is 1. The first-order valence-electron chi connectivity index (χ1n) is 6.35. The fourth-order valence-corrected chi connectivity index (χ4v) is 2.29. The topological polar surface area (TPSA) is 83.5 Å². The highest BCUT2D eigenvalue weighted by atomic mass is 35.5. The van der Waals surface area contributed by atoms with E-state index in [4.69, 9.17) is 11.6 Å². The smallest absolute Gasteiger partial charge is 0.271 e. The van der Waals surface area contributed by atoms with Crippen LogP contribution in [-0.2, 0) is 9.59 Å². The summed E-state index contributed by atoms with van der Waals surface area (Å²) in [6.45, 7) is 0. The molecule has 1 aromatic heterocycles. The molecule has 0 atom stereocenters. The van der Waals surface area contributed by atoms with E-state index in [1.54, 1.807) is 24.4 Å². The summed E-state index contributed by atoms with van der Waals surface area (Å²) in [4.78, 5) is 27.4. The van der Waals surface area contributed by atoms with Gasteiger partial charge in [0.25, 0.3) is 5.91 Å². The van der Waals surface area contributed by atoms with Crippen molar-refractivity contribution in [3.8, 4) is 0 Å². The molecule has 106 valence electrons. The van der Waals surface area contributed by atoms with Crippen LogP contribution in [0.2, 0.25) is 5.02 Å². The number of aromatic nitrogens is 1. The van der Waals surface area contributed by atoms with E-state index in [2.05, 4.69) is 20.8 Å². The number of anilines is 1. The molecule has 2 amide bonds. The fourth-order valence-electron chi connectivity index (χ4n) is 2.08. The first kappa shape index (κ1) is 13.5. The van der Waals surface area contributed by atoms with Crippen LogP contribution in [0, 0.1) is 0 Å². The van der Waals surface area contributed by atoms with Crippen LogP contribution < -0.4 is 10.7 Å². The first-order chi connectivity index (χ1) is 10.1. The van der Waals surface area contributed by atoms with Crippen molar-refractivity contribution < 1.29 is 9.59 Å². The van der Waals surface area contributed by atoms with Gasteiger partial charge in [-0.05, 0) is 24.3 Å². The van der Waals surface area contributed by atoms with Crippen molar-refractivity contribution in [1.82, 2.24) is 10.4 Å². The number of pyridine rings is 1. The molecule has 0 saturated heterocycles. The second-order valence-corrected chi connectivity index (χ2v) is 4.95. The third kappa shape index (κ3) is 2.71. The molecule has 0 unspecified atom stereocenters. The Hall–Kier alpha value is -2.47. The summed E-state index contributed by atoms with van der Waals surface area (Å²) in [5.41, 5.74) is 3.82. The van der Waals surface area contributed by atoms with Crippen molar-refractivity contribution >= 4 is 45.7 Å². The number of amides is 2. The lowest BCUT2D eigenvalue weighted by Gasteiger charge is -2.13. The molecule has 0 fully saturated rings. The summed E-state index contributed by atoms with van der Waals surface area (Å²) in [6, 6.07) is 6.99. The van der Waals surface area contributed by atoms with Gasteiger partial charge >= 0.3 is 0 Å². The predicted molar refractivity (Wildman–Crippen MR) is 80.2 cm³/mol. The zero-order chi connectivity index (χ0) is 14.8. The number of fused-ring (bicyclic) bond motifs is 1. The van der Waals surface area contributed by atoms with Gasteiger partial charge in [0.2, 0.25) is 5.91 Å². The Bertz CT molecular complexity index is 773. The SMILES string of the molecule is O=C1CCC(C(=O)Nc2ccc(Cl)c3ncccc23)=NN1. The zero-order valence-electron chi connectivity index (χ0n) is 10.9. The minimum absolute atomic E-state index is 0.187. The number of hydrogen-bond acceptors (Lipinski definition) is 4. The summed E-state index contributed by atoms with van der Waals surface area (Å²) in [7, 11) is 0. The monoisotopic (exact) mass is 302 g/mol. The van der Waals surface area contributed by atoms with Gasteiger partial charge in [0.05, 0.1) is 16.2 Å². The molecule has 2 aromatic rings. The van der Waals surface area contributed by atoms with Gasteiger partial charge in [-0.3, -0.25) is 14.6 Å². The molecule has 1 aromatic carbocycles. The van der Waals surface area contributed by atoms with Crippen LogP contribution in [-0.4, -0.2) is 22.5 Å². The molecule has 0 bridgehead atoms. The molecule has 0 spiro atoms. The molecular weight excluding hydrogens is 292 g/mol. The zero-order valence-corrected chi connectivity index (χ0v) is 11.6. The van der Waals surface area contributed by atoms with Gasteiger partial charge in [0.1, 0.15) is 5.71 Å². The maximum atomic E-state index is 12.2. The summed E-state index contributed by atoms with van der Waals surface area (Å²) in [6.07, 6.45) is 2.22. The summed E-state index contributed by atoms with van der Waals surface area (Å²) in [5, 5.41) is 7.81. The first-order valence-corrected chi connectivity index (χ1v) is 6.73. The number of carbonyl (C=O) groups is 2. The quantitative estimate of drug-likeness (QED) is 0.891. The van der Waals surface area contributed by atoms with E-state index in [0.717, 1.165) is 5.39 Å².